The summed E-state index contributed by atoms with van der Waals surface area (Å²) >= 11 is 6.01. The number of halogens is 1. The SMILES string of the molecule is Cc1c(Cl)ccc2c(CC(N)C(=O)O)c[nH]c12. The lowest BCUT2D eigenvalue weighted by molar-refractivity contribution is -0.138. The number of hydrogen-bond acceptors (Lipinski definition) is 2. The highest BCUT2D eigenvalue weighted by Crippen LogP contribution is 2.27. The van der Waals surface area contributed by atoms with Crippen LogP contribution in [0.4, 0.5) is 0 Å². The molecule has 1 atom stereocenters. The Kier molecular flexibility index (Phi) is 3.09. The van der Waals surface area contributed by atoms with E-state index in [0.29, 0.717) is 11.4 Å². The van der Waals surface area contributed by atoms with E-state index < -0.39 is 12.0 Å². The highest BCUT2D eigenvalue weighted by Gasteiger charge is 2.15. The Labute approximate surface area is 103 Å². The van der Waals surface area contributed by atoms with Gasteiger partial charge in [0.25, 0.3) is 0 Å². The summed E-state index contributed by atoms with van der Waals surface area (Å²) in [5.41, 5.74) is 8.32. The standard InChI is InChI=1S/C12H13ClN2O2/c1-6-9(13)3-2-8-7(5-15-11(6)8)4-10(14)12(16)17/h2-3,5,10,15H,4,14H2,1H3,(H,16,17). The molecule has 0 spiro atoms. The van der Waals surface area contributed by atoms with E-state index in [4.69, 9.17) is 22.4 Å². The fourth-order valence-corrected chi connectivity index (χ4v) is 2.03. The molecule has 90 valence electrons. The molecule has 1 heterocycles. The van der Waals surface area contributed by atoms with Crippen molar-refractivity contribution >= 4 is 28.5 Å². The second-order valence-electron chi connectivity index (χ2n) is 4.06. The van der Waals surface area contributed by atoms with Gasteiger partial charge < -0.3 is 15.8 Å². The zero-order chi connectivity index (χ0) is 12.6. The topological polar surface area (TPSA) is 79.1 Å². The first kappa shape index (κ1) is 12.0. The van der Waals surface area contributed by atoms with Crippen LogP contribution in [-0.4, -0.2) is 22.1 Å². The third-order valence-corrected chi connectivity index (χ3v) is 3.30. The van der Waals surface area contributed by atoms with E-state index in [0.717, 1.165) is 22.0 Å². The molecule has 0 bridgehead atoms. The lowest BCUT2D eigenvalue weighted by Gasteiger charge is -2.05. The maximum absolute atomic E-state index is 10.7. The van der Waals surface area contributed by atoms with Gasteiger partial charge in [0, 0.05) is 23.0 Å². The number of rotatable bonds is 3. The zero-order valence-electron chi connectivity index (χ0n) is 9.33. The van der Waals surface area contributed by atoms with Crippen molar-refractivity contribution in [2.75, 3.05) is 0 Å². The number of aryl methyl sites for hydroxylation is 1. The fraction of sp³-hybridized carbons (Fsp3) is 0.250. The molecule has 0 saturated heterocycles. The molecule has 0 fully saturated rings. The van der Waals surface area contributed by atoms with E-state index in [1.165, 1.54) is 0 Å². The normalized spacial score (nSPS) is 12.9. The monoisotopic (exact) mass is 252 g/mol. The minimum Gasteiger partial charge on any atom is -0.480 e. The minimum absolute atomic E-state index is 0.302. The third-order valence-electron chi connectivity index (χ3n) is 2.89. The number of aromatic amines is 1. The number of carbonyl (C=O) groups is 1. The van der Waals surface area contributed by atoms with Crippen LogP contribution in [0.15, 0.2) is 18.3 Å². The van der Waals surface area contributed by atoms with E-state index in [9.17, 15) is 4.79 Å². The number of aliphatic carboxylic acids is 1. The summed E-state index contributed by atoms with van der Waals surface area (Å²) in [5.74, 6) is -0.995. The van der Waals surface area contributed by atoms with Gasteiger partial charge in [0.05, 0.1) is 5.52 Å². The number of nitrogens with two attached hydrogens (primary N) is 1. The third kappa shape index (κ3) is 2.14. The fourth-order valence-electron chi connectivity index (χ4n) is 1.87. The van der Waals surface area contributed by atoms with Crippen molar-refractivity contribution in [2.24, 2.45) is 5.73 Å². The van der Waals surface area contributed by atoms with Crippen molar-refractivity contribution in [3.05, 3.63) is 34.5 Å². The number of hydrogen-bond donors (Lipinski definition) is 3. The summed E-state index contributed by atoms with van der Waals surface area (Å²) in [6, 6.07) is 2.80. The van der Waals surface area contributed by atoms with Gasteiger partial charge in [0.1, 0.15) is 6.04 Å². The minimum atomic E-state index is -0.995. The molecular formula is C12H13ClN2O2. The zero-order valence-corrected chi connectivity index (χ0v) is 10.1. The van der Waals surface area contributed by atoms with Crippen molar-refractivity contribution in [1.82, 2.24) is 4.98 Å². The van der Waals surface area contributed by atoms with Crippen LogP contribution in [-0.2, 0) is 11.2 Å². The van der Waals surface area contributed by atoms with Crippen LogP contribution in [0.1, 0.15) is 11.1 Å². The van der Waals surface area contributed by atoms with Crippen LogP contribution in [0.5, 0.6) is 0 Å². The van der Waals surface area contributed by atoms with Gasteiger partial charge in [-0.05, 0) is 24.1 Å². The molecule has 1 aromatic heterocycles. The Morgan fingerprint density at radius 1 is 1.59 bits per heavy atom. The first-order valence-electron chi connectivity index (χ1n) is 5.24. The van der Waals surface area contributed by atoms with Gasteiger partial charge in [0.2, 0.25) is 0 Å². The van der Waals surface area contributed by atoms with Crippen LogP contribution in [0, 0.1) is 6.92 Å². The van der Waals surface area contributed by atoms with Gasteiger partial charge in [-0.15, -0.1) is 0 Å². The predicted octanol–water partition coefficient (Wildman–Crippen LogP) is 2.08. The summed E-state index contributed by atoms with van der Waals surface area (Å²) in [7, 11) is 0. The van der Waals surface area contributed by atoms with E-state index in [1.54, 1.807) is 6.20 Å². The van der Waals surface area contributed by atoms with E-state index in [1.807, 2.05) is 19.1 Å². The van der Waals surface area contributed by atoms with Crippen LogP contribution in [0.25, 0.3) is 10.9 Å². The lowest BCUT2D eigenvalue weighted by atomic mass is 10.0. The second-order valence-corrected chi connectivity index (χ2v) is 4.46. The smallest absolute Gasteiger partial charge is 0.320 e. The summed E-state index contributed by atoms with van der Waals surface area (Å²) in [5, 5.41) is 10.5. The van der Waals surface area contributed by atoms with Crippen LogP contribution in [0.3, 0.4) is 0 Å². The molecule has 0 amide bonds. The molecule has 0 saturated carbocycles. The Bertz CT molecular complexity index is 577. The van der Waals surface area contributed by atoms with Crippen molar-refractivity contribution in [1.29, 1.82) is 0 Å². The largest absolute Gasteiger partial charge is 0.480 e. The maximum Gasteiger partial charge on any atom is 0.320 e. The average molecular weight is 253 g/mol. The lowest BCUT2D eigenvalue weighted by Crippen LogP contribution is -2.32. The molecule has 4 nitrogen and oxygen atoms in total. The number of fused-ring (bicyclic) bond motifs is 1. The van der Waals surface area contributed by atoms with Crippen molar-refractivity contribution in [3.63, 3.8) is 0 Å². The van der Waals surface area contributed by atoms with Gasteiger partial charge in [-0.25, -0.2) is 0 Å². The quantitative estimate of drug-likeness (QED) is 0.783. The van der Waals surface area contributed by atoms with Crippen molar-refractivity contribution in [2.45, 2.75) is 19.4 Å². The molecule has 2 rings (SSSR count). The van der Waals surface area contributed by atoms with Crippen LogP contribution >= 0.6 is 11.6 Å². The second kappa shape index (κ2) is 4.39. The summed E-state index contributed by atoms with van der Waals surface area (Å²) in [6.07, 6.45) is 2.09. The van der Waals surface area contributed by atoms with E-state index in [-0.39, 0.29) is 0 Å². The molecule has 1 aromatic carbocycles. The van der Waals surface area contributed by atoms with Gasteiger partial charge in [0.15, 0.2) is 0 Å². The number of carboxylic acid groups (broad SMARTS) is 1. The number of aromatic nitrogens is 1. The summed E-state index contributed by atoms with van der Waals surface area (Å²) in [4.78, 5) is 13.8. The van der Waals surface area contributed by atoms with Crippen LogP contribution in [0.2, 0.25) is 5.02 Å². The number of nitrogens with one attached hydrogen (secondary N) is 1. The molecule has 4 N–H and O–H groups in total. The molecule has 0 aliphatic heterocycles. The molecule has 5 heteroatoms. The predicted molar refractivity (Wildman–Crippen MR) is 67.4 cm³/mol. The van der Waals surface area contributed by atoms with Crippen molar-refractivity contribution < 1.29 is 9.90 Å². The van der Waals surface area contributed by atoms with Gasteiger partial charge in [-0.3, -0.25) is 4.79 Å². The average Bonchev–Trinajstić information content (AvgIpc) is 2.67. The number of carboxylic acids is 1. The summed E-state index contributed by atoms with van der Waals surface area (Å²) in [6.45, 7) is 1.92. The Morgan fingerprint density at radius 2 is 2.29 bits per heavy atom. The van der Waals surface area contributed by atoms with E-state index >= 15 is 0 Å². The summed E-state index contributed by atoms with van der Waals surface area (Å²) < 4.78 is 0. The first-order valence-corrected chi connectivity index (χ1v) is 5.62. The van der Waals surface area contributed by atoms with E-state index in [2.05, 4.69) is 4.98 Å². The molecule has 0 radical (unpaired) electrons. The van der Waals surface area contributed by atoms with Gasteiger partial charge in [-0.2, -0.15) is 0 Å². The molecular weight excluding hydrogens is 240 g/mol. The van der Waals surface area contributed by atoms with Crippen molar-refractivity contribution in [3.8, 4) is 0 Å². The highest BCUT2D eigenvalue weighted by molar-refractivity contribution is 6.32. The molecule has 2 aromatic rings. The molecule has 0 aliphatic carbocycles. The molecule has 0 aliphatic rings. The highest BCUT2D eigenvalue weighted by atomic mass is 35.5. The molecule has 17 heavy (non-hydrogen) atoms. The van der Waals surface area contributed by atoms with Gasteiger partial charge in [-0.1, -0.05) is 17.7 Å². The number of H-pyrrole nitrogens is 1. The number of benzene rings is 1. The molecule has 1 unspecified atom stereocenters. The Balaban J connectivity index is 2.44. The van der Waals surface area contributed by atoms with Crippen LogP contribution < -0.4 is 5.73 Å². The Morgan fingerprint density at radius 3 is 2.94 bits per heavy atom. The van der Waals surface area contributed by atoms with Gasteiger partial charge >= 0.3 is 5.97 Å². The Hall–Kier alpha value is -1.52. The first-order chi connectivity index (χ1) is 8.00. The maximum atomic E-state index is 10.7.